The highest BCUT2D eigenvalue weighted by atomic mass is 16.3. The summed E-state index contributed by atoms with van der Waals surface area (Å²) in [5.41, 5.74) is 0. The first-order valence-corrected chi connectivity index (χ1v) is 8.62. The van der Waals surface area contributed by atoms with Crippen LogP contribution in [0.3, 0.4) is 0 Å². The van der Waals surface area contributed by atoms with Crippen LogP contribution in [0.15, 0.2) is 22.8 Å². The van der Waals surface area contributed by atoms with E-state index in [0.717, 1.165) is 25.7 Å². The van der Waals surface area contributed by atoms with Crippen molar-refractivity contribution in [2.75, 3.05) is 13.1 Å². The highest BCUT2D eigenvalue weighted by Crippen LogP contribution is 2.18. The van der Waals surface area contributed by atoms with Crippen LogP contribution in [0.5, 0.6) is 0 Å². The van der Waals surface area contributed by atoms with Gasteiger partial charge in [0, 0.05) is 25.2 Å². The Hall–Kier alpha value is -1.98. The molecule has 1 aliphatic heterocycles. The van der Waals surface area contributed by atoms with Gasteiger partial charge in [0.25, 0.3) is 5.91 Å². The number of urea groups is 1. The Kier molecular flexibility index (Phi) is 5.20. The number of carbonyl (C=O) groups excluding carboxylic acids is 2. The van der Waals surface area contributed by atoms with Crippen molar-refractivity contribution in [3.05, 3.63) is 24.2 Å². The van der Waals surface area contributed by atoms with Gasteiger partial charge in [-0.1, -0.05) is 19.3 Å². The summed E-state index contributed by atoms with van der Waals surface area (Å²) in [6.45, 7) is 1.29. The van der Waals surface area contributed by atoms with Crippen LogP contribution in [-0.4, -0.2) is 42.0 Å². The third kappa shape index (κ3) is 4.27. The fourth-order valence-corrected chi connectivity index (χ4v) is 3.44. The zero-order valence-corrected chi connectivity index (χ0v) is 13.4. The van der Waals surface area contributed by atoms with E-state index in [1.165, 1.54) is 25.5 Å². The van der Waals surface area contributed by atoms with E-state index in [0.29, 0.717) is 24.9 Å². The molecule has 1 saturated heterocycles. The lowest BCUT2D eigenvalue weighted by Gasteiger charge is -2.32. The van der Waals surface area contributed by atoms with Crippen LogP contribution >= 0.6 is 0 Å². The number of hydrogen-bond acceptors (Lipinski definition) is 3. The number of likely N-dealkylation sites (tertiary alicyclic amines) is 1. The van der Waals surface area contributed by atoms with E-state index in [1.807, 2.05) is 0 Å². The molecule has 0 radical (unpaired) electrons. The lowest BCUT2D eigenvalue weighted by molar-refractivity contribution is 0.0676. The number of rotatable bonds is 3. The third-order valence-corrected chi connectivity index (χ3v) is 4.79. The predicted molar refractivity (Wildman–Crippen MR) is 86.2 cm³/mol. The summed E-state index contributed by atoms with van der Waals surface area (Å²) in [4.78, 5) is 26.0. The van der Waals surface area contributed by atoms with Crippen LogP contribution in [0, 0.1) is 0 Å². The summed E-state index contributed by atoms with van der Waals surface area (Å²) >= 11 is 0. The van der Waals surface area contributed by atoms with E-state index in [-0.39, 0.29) is 18.0 Å². The molecule has 1 aliphatic carbocycles. The van der Waals surface area contributed by atoms with E-state index in [1.54, 1.807) is 17.0 Å². The molecule has 2 N–H and O–H groups in total. The molecule has 0 unspecified atom stereocenters. The fourth-order valence-electron chi connectivity index (χ4n) is 3.44. The number of hydrogen-bond donors (Lipinski definition) is 2. The van der Waals surface area contributed by atoms with E-state index >= 15 is 0 Å². The number of nitrogens with zero attached hydrogens (tertiary/aromatic N) is 1. The molecule has 1 saturated carbocycles. The first-order valence-electron chi connectivity index (χ1n) is 8.62. The Morgan fingerprint density at radius 3 is 2.26 bits per heavy atom. The standard InChI is InChI=1S/C17H25N3O3/c21-16(15-7-4-12-23-15)20-10-8-14(9-11-20)19-17(22)18-13-5-2-1-3-6-13/h4,7,12-14H,1-3,5-6,8-11H2,(H2,18,19,22). The molecule has 6 nitrogen and oxygen atoms in total. The molecular weight excluding hydrogens is 294 g/mol. The molecular formula is C17H25N3O3. The van der Waals surface area contributed by atoms with E-state index in [2.05, 4.69) is 10.6 Å². The Morgan fingerprint density at radius 2 is 1.65 bits per heavy atom. The normalized spacial score (nSPS) is 20.3. The molecule has 23 heavy (non-hydrogen) atoms. The molecule has 3 amide bonds. The minimum absolute atomic E-state index is 0.0623. The van der Waals surface area contributed by atoms with Crippen molar-refractivity contribution < 1.29 is 14.0 Å². The van der Waals surface area contributed by atoms with Crippen molar-refractivity contribution in [2.45, 2.75) is 57.0 Å². The molecule has 126 valence electrons. The Bertz CT molecular complexity index is 515. The zero-order chi connectivity index (χ0) is 16.1. The molecule has 6 heteroatoms. The van der Waals surface area contributed by atoms with Crippen LogP contribution in [0.4, 0.5) is 4.79 Å². The Morgan fingerprint density at radius 1 is 1.00 bits per heavy atom. The fraction of sp³-hybridized carbons (Fsp3) is 0.647. The molecule has 2 fully saturated rings. The summed E-state index contributed by atoms with van der Waals surface area (Å²) < 4.78 is 5.15. The topological polar surface area (TPSA) is 74.6 Å². The summed E-state index contributed by atoms with van der Waals surface area (Å²) in [6, 6.07) is 3.80. The SMILES string of the molecule is O=C(NC1CCCCC1)NC1CCN(C(=O)c2ccco2)CC1. The quantitative estimate of drug-likeness (QED) is 0.899. The van der Waals surface area contributed by atoms with Crippen LogP contribution in [0.25, 0.3) is 0 Å². The van der Waals surface area contributed by atoms with Crippen molar-refractivity contribution >= 4 is 11.9 Å². The molecule has 1 aromatic rings. The Labute approximate surface area is 136 Å². The van der Waals surface area contributed by atoms with Gasteiger partial charge in [0.1, 0.15) is 0 Å². The number of amides is 3. The van der Waals surface area contributed by atoms with Gasteiger partial charge in [-0.25, -0.2) is 4.79 Å². The van der Waals surface area contributed by atoms with Crippen LogP contribution in [-0.2, 0) is 0 Å². The second kappa shape index (κ2) is 7.53. The molecule has 1 aromatic heterocycles. The van der Waals surface area contributed by atoms with Gasteiger partial charge in [-0.3, -0.25) is 4.79 Å². The monoisotopic (exact) mass is 319 g/mol. The molecule has 0 atom stereocenters. The van der Waals surface area contributed by atoms with Gasteiger partial charge >= 0.3 is 6.03 Å². The summed E-state index contributed by atoms with van der Waals surface area (Å²) in [5.74, 6) is 0.312. The predicted octanol–water partition coefficient (Wildman–Crippen LogP) is 2.52. The van der Waals surface area contributed by atoms with E-state index < -0.39 is 0 Å². The number of furan rings is 1. The van der Waals surface area contributed by atoms with Crippen LogP contribution in [0.1, 0.15) is 55.5 Å². The highest BCUT2D eigenvalue weighted by molar-refractivity contribution is 5.91. The summed E-state index contributed by atoms with van der Waals surface area (Å²) in [5, 5.41) is 6.13. The van der Waals surface area contributed by atoms with Gasteiger partial charge < -0.3 is 20.0 Å². The maximum absolute atomic E-state index is 12.2. The molecule has 3 rings (SSSR count). The average molecular weight is 319 g/mol. The van der Waals surface area contributed by atoms with Gasteiger partial charge in [0.05, 0.1) is 6.26 Å². The third-order valence-electron chi connectivity index (χ3n) is 4.79. The maximum Gasteiger partial charge on any atom is 0.315 e. The lowest BCUT2D eigenvalue weighted by atomic mass is 9.96. The van der Waals surface area contributed by atoms with Gasteiger partial charge in [0.15, 0.2) is 5.76 Å². The zero-order valence-electron chi connectivity index (χ0n) is 13.4. The van der Waals surface area contributed by atoms with Crippen molar-refractivity contribution in [3.8, 4) is 0 Å². The minimum atomic E-state index is -0.0693. The van der Waals surface area contributed by atoms with E-state index in [9.17, 15) is 9.59 Å². The highest BCUT2D eigenvalue weighted by Gasteiger charge is 2.26. The van der Waals surface area contributed by atoms with Crippen molar-refractivity contribution in [1.82, 2.24) is 15.5 Å². The van der Waals surface area contributed by atoms with Crippen LogP contribution in [0.2, 0.25) is 0 Å². The largest absolute Gasteiger partial charge is 0.459 e. The summed E-state index contributed by atoms with van der Waals surface area (Å²) in [7, 11) is 0. The maximum atomic E-state index is 12.2. The molecule has 0 bridgehead atoms. The van der Waals surface area contributed by atoms with Gasteiger partial charge in [0.2, 0.25) is 0 Å². The molecule has 2 aliphatic rings. The van der Waals surface area contributed by atoms with E-state index in [4.69, 9.17) is 4.42 Å². The van der Waals surface area contributed by atoms with Crippen LogP contribution < -0.4 is 10.6 Å². The van der Waals surface area contributed by atoms with Gasteiger partial charge in [-0.2, -0.15) is 0 Å². The van der Waals surface area contributed by atoms with Crippen molar-refractivity contribution in [1.29, 1.82) is 0 Å². The summed E-state index contributed by atoms with van der Waals surface area (Å²) in [6.07, 6.45) is 8.94. The average Bonchev–Trinajstić information content (AvgIpc) is 3.10. The molecule has 0 aromatic carbocycles. The molecule has 2 heterocycles. The second-order valence-electron chi connectivity index (χ2n) is 6.50. The smallest absolute Gasteiger partial charge is 0.315 e. The molecule has 0 spiro atoms. The second-order valence-corrected chi connectivity index (χ2v) is 6.50. The number of carbonyl (C=O) groups is 2. The number of nitrogens with one attached hydrogen (secondary N) is 2. The van der Waals surface area contributed by atoms with Gasteiger partial charge in [-0.05, 0) is 37.8 Å². The lowest BCUT2D eigenvalue weighted by Crippen LogP contribution is -2.51. The first kappa shape index (κ1) is 15.9. The minimum Gasteiger partial charge on any atom is -0.459 e. The Balaban J connectivity index is 1.40. The number of piperidine rings is 1. The van der Waals surface area contributed by atoms with Crippen molar-refractivity contribution in [2.24, 2.45) is 0 Å². The first-order chi connectivity index (χ1) is 11.2. The van der Waals surface area contributed by atoms with Gasteiger partial charge in [-0.15, -0.1) is 0 Å². The van der Waals surface area contributed by atoms with Crippen molar-refractivity contribution in [3.63, 3.8) is 0 Å².